The number of carbonyl (C=O) groups is 2. The molecule has 0 radical (unpaired) electrons. The van der Waals surface area contributed by atoms with Crippen LogP contribution in [0.5, 0.6) is 0 Å². The maximum Gasteiger partial charge on any atom is 0.256 e. The second kappa shape index (κ2) is 6.58. The molecular weight excluding hydrogens is 310 g/mol. The molecule has 4 N–H and O–H groups in total. The molecule has 0 aliphatic rings. The SMILES string of the molecule is NC(=O)CSc1ccccc1C(=O)Nc1cccc2[nH]ccc12. The van der Waals surface area contributed by atoms with Crippen LogP contribution in [0.4, 0.5) is 5.69 Å². The molecule has 3 rings (SSSR count). The van der Waals surface area contributed by atoms with Gasteiger partial charge in [0.05, 0.1) is 17.0 Å². The van der Waals surface area contributed by atoms with Crippen LogP contribution in [-0.4, -0.2) is 22.6 Å². The number of amides is 2. The molecule has 2 aromatic carbocycles. The van der Waals surface area contributed by atoms with E-state index in [1.807, 2.05) is 36.5 Å². The van der Waals surface area contributed by atoms with Gasteiger partial charge >= 0.3 is 0 Å². The minimum atomic E-state index is -0.415. The van der Waals surface area contributed by atoms with Crippen molar-refractivity contribution in [3.8, 4) is 0 Å². The van der Waals surface area contributed by atoms with Gasteiger partial charge in [-0.25, -0.2) is 0 Å². The number of carbonyl (C=O) groups excluding carboxylic acids is 2. The molecule has 0 saturated heterocycles. The third-order valence-electron chi connectivity index (χ3n) is 3.34. The number of hydrogen-bond acceptors (Lipinski definition) is 3. The minimum Gasteiger partial charge on any atom is -0.369 e. The molecule has 0 aliphatic heterocycles. The Balaban J connectivity index is 1.86. The molecule has 23 heavy (non-hydrogen) atoms. The number of nitrogens with two attached hydrogens (primary N) is 1. The lowest BCUT2D eigenvalue weighted by atomic mass is 10.2. The number of primary amides is 1. The van der Waals surface area contributed by atoms with Crippen molar-refractivity contribution in [2.75, 3.05) is 11.1 Å². The van der Waals surface area contributed by atoms with Crippen molar-refractivity contribution >= 4 is 40.2 Å². The molecule has 5 nitrogen and oxygen atoms in total. The number of aromatic nitrogens is 1. The molecule has 0 fully saturated rings. The van der Waals surface area contributed by atoms with Gasteiger partial charge in [-0.15, -0.1) is 11.8 Å². The maximum atomic E-state index is 12.6. The summed E-state index contributed by atoms with van der Waals surface area (Å²) in [5.41, 5.74) is 7.39. The molecule has 1 aromatic heterocycles. The highest BCUT2D eigenvalue weighted by atomic mass is 32.2. The summed E-state index contributed by atoms with van der Waals surface area (Å²) in [5, 5.41) is 3.87. The lowest BCUT2D eigenvalue weighted by Gasteiger charge is -2.10. The third-order valence-corrected chi connectivity index (χ3v) is 4.44. The Kier molecular flexibility index (Phi) is 4.34. The zero-order valence-corrected chi connectivity index (χ0v) is 13.0. The van der Waals surface area contributed by atoms with Gasteiger partial charge in [-0.05, 0) is 30.3 Å². The second-order valence-electron chi connectivity index (χ2n) is 4.95. The number of nitrogens with one attached hydrogen (secondary N) is 2. The summed E-state index contributed by atoms with van der Waals surface area (Å²) in [6.45, 7) is 0. The molecule has 116 valence electrons. The monoisotopic (exact) mass is 325 g/mol. The van der Waals surface area contributed by atoms with Crippen molar-refractivity contribution in [3.05, 3.63) is 60.3 Å². The number of H-pyrrole nitrogens is 1. The van der Waals surface area contributed by atoms with E-state index in [0.717, 1.165) is 21.5 Å². The Labute approximate surface area is 137 Å². The van der Waals surface area contributed by atoms with E-state index in [9.17, 15) is 9.59 Å². The van der Waals surface area contributed by atoms with Gasteiger partial charge in [-0.3, -0.25) is 9.59 Å². The topological polar surface area (TPSA) is 88.0 Å². The third kappa shape index (κ3) is 3.37. The number of rotatable bonds is 5. The summed E-state index contributed by atoms with van der Waals surface area (Å²) in [7, 11) is 0. The molecule has 3 aromatic rings. The van der Waals surface area contributed by atoms with E-state index in [2.05, 4.69) is 10.3 Å². The fraction of sp³-hybridized carbons (Fsp3) is 0.0588. The molecule has 0 spiro atoms. The van der Waals surface area contributed by atoms with Gasteiger partial charge in [0.1, 0.15) is 0 Å². The largest absolute Gasteiger partial charge is 0.369 e. The Hall–Kier alpha value is -2.73. The van der Waals surface area contributed by atoms with Gasteiger partial charge in [-0.1, -0.05) is 18.2 Å². The summed E-state index contributed by atoms with van der Waals surface area (Å²) >= 11 is 1.26. The van der Waals surface area contributed by atoms with Crippen LogP contribution in [0.25, 0.3) is 10.9 Å². The van der Waals surface area contributed by atoms with E-state index >= 15 is 0 Å². The van der Waals surface area contributed by atoms with Crippen LogP contribution in [0.2, 0.25) is 0 Å². The Morgan fingerprint density at radius 2 is 1.91 bits per heavy atom. The molecule has 1 heterocycles. The van der Waals surface area contributed by atoms with E-state index in [1.165, 1.54) is 11.8 Å². The highest BCUT2D eigenvalue weighted by molar-refractivity contribution is 8.00. The number of aromatic amines is 1. The minimum absolute atomic E-state index is 0.137. The zero-order chi connectivity index (χ0) is 16.2. The number of benzene rings is 2. The van der Waals surface area contributed by atoms with Crippen LogP contribution in [0.3, 0.4) is 0 Å². The van der Waals surface area contributed by atoms with E-state index in [1.54, 1.807) is 18.2 Å². The van der Waals surface area contributed by atoms with Crippen LogP contribution in [0.1, 0.15) is 10.4 Å². The van der Waals surface area contributed by atoms with Crippen LogP contribution < -0.4 is 11.1 Å². The number of thioether (sulfide) groups is 1. The summed E-state index contributed by atoms with van der Waals surface area (Å²) in [5.74, 6) is -0.494. The average Bonchev–Trinajstić information content (AvgIpc) is 3.03. The maximum absolute atomic E-state index is 12.6. The first kappa shape index (κ1) is 15.2. The van der Waals surface area contributed by atoms with Gasteiger partial charge in [0.2, 0.25) is 5.91 Å². The summed E-state index contributed by atoms with van der Waals surface area (Å²) in [4.78, 5) is 27.4. The molecule has 2 amide bonds. The summed E-state index contributed by atoms with van der Waals surface area (Å²) < 4.78 is 0. The average molecular weight is 325 g/mol. The van der Waals surface area contributed by atoms with Gasteiger partial charge < -0.3 is 16.0 Å². The van der Waals surface area contributed by atoms with Crippen molar-refractivity contribution < 1.29 is 9.59 Å². The quantitative estimate of drug-likeness (QED) is 0.630. The first-order chi connectivity index (χ1) is 11.1. The van der Waals surface area contributed by atoms with Crippen LogP contribution >= 0.6 is 11.8 Å². The predicted molar refractivity (Wildman–Crippen MR) is 92.6 cm³/mol. The standard InChI is InChI=1S/C17H15N3O2S/c18-16(21)10-23-15-7-2-1-4-12(15)17(22)20-14-6-3-5-13-11(14)8-9-19-13/h1-9,19H,10H2,(H2,18,21)(H,20,22). The smallest absolute Gasteiger partial charge is 0.256 e. The van der Waals surface area contributed by atoms with E-state index in [-0.39, 0.29) is 11.7 Å². The van der Waals surface area contributed by atoms with Gasteiger partial charge in [0.15, 0.2) is 0 Å². The molecule has 0 atom stereocenters. The summed E-state index contributed by atoms with van der Waals surface area (Å²) in [6, 6.07) is 14.7. The molecule has 0 unspecified atom stereocenters. The van der Waals surface area contributed by atoms with Crippen molar-refractivity contribution in [3.63, 3.8) is 0 Å². The van der Waals surface area contributed by atoms with Crippen molar-refractivity contribution in [1.82, 2.24) is 4.98 Å². The van der Waals surface area contributed by atoms with E-state index in [0.29, 0.717) is 5.56 Å². The normalized spacial score (nSPS) is 10.6. The lowest BCUT2D eigenvalue weighted by Crippen LogP contribution is -2.15. The molecule has 0 saturated carbocycles. The van der Waals surface area contributed by atoms with Gasteiger partial charge in [0, 0.05) is 22.0 Å². The highest BCUT2D eigenvalue weighted by Gasteiger charge is 2.13. The van der Waals surface area contributed by atoms with Crippen molar-refractivity contribution in [1.29, 1.82) is 0 Å². The number of anilines is 1. The lowest BCUT2D eigenvalue weighted by molar-refractivity contribution is -0.115. The highest BCUT2D eigenvalue weighted by Crippen LogP contribution is 2.26. The molecule has 6 heteroatoms. The first-order valence-electron chi connectivity index (χ1n) is 7.03. The number of hydrogen-bond donors (Lipinski definition) is 3. The fourth-order valence-electron chi connectivity index (χ4n) is 2.31. The van der Waals surface area contributed by atoms with E-state index < -0.39 is 5.91 Å². The molecule has 0 aliphatic carbocycles. The van der Waals surface area contributed by atoms with E-state index in [4.69, 9.17) is 5.73 Å². The summed E-state index contributed by atoms with van der Waals surface area (Å²) in [6.07, 6.45) is 1.83. The van der Waals surface area contributed by atoms with Crippen LogP contribution in [-0.2, 0) is 4.79 Å². The molecular formula is C17H15N3O2S. The van der Waals surface area contributed by atoms with Crippen LogP contribution in [0, 0.1) is 0 Å². The Bertz CT molecular complexity index is 873. The zero-order valence-electron chi connectivity index (χ0n) is 12.2. The first-order valence-corrected chi connectivity index (χ1v) is 8.01. The van der Waals surface area contributed by atoms with Crippen LogP contribution in [0.15, 0.2) is 59.6 Å². The van der Waals surface area contributed by atoms with Crippen molar-refractivity contribution in [2.45, 2.75) is 4.90 Å². The predicted octanol–water partition coefficient (Wildman–Crippen LogP) is 3.00. The Morgan fingerprint density at radius 3 is 2.74 bits per heavy atom. The fourth-order valence-corrected chi connectivity index (χ4v) is 3.10. The number of fused-ring (bicyclic) bond motifs is 1. The second-order valence-corrected chi connectivity index (χ2v) is 5.97. The van der Waals surface area contributed by atoms with Crippen molar-refractivity contribution in [2.24, 2.45) is 5.73 Å². The van der Waals surface area contributed by atoms with Gasteiger partial charge in [0.25, 0.3) is 5.91 Å². The Morgan fingerprint density at radius 1 is 1.09 bits per heavy atom. The molecule has 0 bridgehead atoms. The van der Waals surface area contributed by atoms with Gasteiger partial charge in [-0.2, -0.15) is 0 Å².